The first-order chi connectivity index (χ1) is 12.0. The van der Waals surface area contributed by atoms with E-state index in [9.17, 15) is 9.59 Å². The number of nitrogens with zero attached hydrogens (tertiary/aromatic N) is 3. The number of amides is 1. The summed E-state index contributed by atoms with van der Waals surface area (Å²) in [6, 6.07) is 11.2. The minimum atomic E-state index is 0.0264. The first-order valence-electron chi connectivity index (χ1n) is 8.53. The Hall–Kier alpha value is -2.76. The van der Waals surface area contributed by atoms with Crippen molar-refractivity contribution in [1.82, 2.24) is 15.1 Å². The van der Waals surface area contributed by atoms with Crippen LogP contribution in [-0.2, 0) is 4.79 Å². The number of hydrogen-bond donors (Lipinski definition) is 1. The molecule has 1 aromatic carbocycles. The lowest BCUT2D eigenvalue weighted by molar-refractivity contribution is -0.129. The van der Waals surface area contributed by atoms with E-state index in [0.717, 1.165) is 24.2 Å². The van der Waals surface area contributed by atoms with Crippen molar-refractivity contribution in [1.29, 1.82) is 0 Å². The van der Waals surface area contributed by atoms with Gasteiger partial charge < -0.3 is 10.2 Å². The van der Waals surface area contributed by atoms with E-state index in [4.69, 9.17) is 0 Å². The van der Waals surface area contributed by atoms with E-state index in [1.807, 2.05) is 42.2 Å². The van der Waals surface area contributed by atoms with Crippen molar-refractivity contribution in [3.63, 3.8) is 0 Å². The molecule has 6 nitrogen and oxygen atoms in total. The molecular formula is C19H22N4O2. The van der Waals surface area contributed by atoms with Gasteiger partial charge in [0.15, 0.2) is 5.78 Å². The summed E-state index contributed by atoms with van der Waals surface area (Å²) in [5.74, 6) is 0.921. The third kappa shape index (κ3) is 4.02. The van der Waals surface area contributed by atoms with Gasteiger partial charge in [-0.2, -0.15) is 0 Å². The maximum absolute atomic E-state index is 11.8. The van der Waals surface area contributed by atoms with E-state index in [1.165, 1.54) is 0 Å². The second-order valence-electron chi connectivity index (χ2n) is 6.36. The van der Waals surface area contributed by atoms with Gasteiger partial charge in [-0.25, -0.2) is 0 Å². The average molecular weight is 338 g/mol. The molecule has 1 aliphatic rings. The molecule has 25 heavy (non-hydrogen) atoms. The molecule has 2 aromatic rings. The lowest BCUT2D eigenvalue weighted by atomic mass is 10.1. The van der Waals surface area contributed by atoms with Gasteiger partial charge in [-0.15, -0.1) is 10.2 Å². The molecular weight excluding hydrogens is 316 g/mol. The van der Waals surface area contributed by atoms with Crippen molar-refractivity contribution in [2.45, 2.75) is 32.7 Å². The minimum Gasteiger partial charge on any atom is -0.367 e. The molecule has 1 aromatic heterocycles. The van der Waals surface area contributed by atoms with Crippen molar-refractivity contribution in [3.05, 3.63) is 42.0 Å². The van der Waals surface area contributed by atoms with Crippen LogP contribution >= 0.6 is 0 Å². The number of Topliss-reactive ketones (excluding diaryl/α,β-unsaturated/α-hetero) is 1. The molecule has 1 aliphatic heterocycles. The summed E-state index contributed by atoms with van der Waals surface area (Å²) in [6.45, 7) is 5.05. The third-order valence-corrected chi connectivity index (χ3v) is 4.45. The van der Waals surface area contributed by atoms with Gasteiger partial charge in [0.2, 0.25) is 5.91 Å². The van der Waals surface area contributed by atoms with Crippen molar-refractivity contribution in [2.24, 2.45) is 0 Å². The molecule has 0 aliphatic carbocycles. The summed E-state index contributed by atoms with van der Waals surface area (Å²) < 4.78 is 0. The second kappa shape index (κ2) is 7.42. The number of anilines is 1. The number of rotatable bonds is 6. The van der Waals surface area contributed by atoms with Crippen LogP contribution in [0.2, 0.25) is 0 Å². The highest BCUT2D eigenvalue weighted by Crippen LogP contribution is 2.19. The molecule has 1 fully saturated rings. The number of nitrogens with one attached hydrogen (secondary N) is 1. The normalized spacial score (nSPS) is 15.3. The Kier molecular flexibility index (Phi) is 5.07. The Morgan fingerprint density at radius 1 is 1.28 bits per heavy atom. The van der Waals surface area contributed by atoms with Crippen LogP contribution in [0.3, 0.4) is 0 Å². The summed E-state index contributed by atoms with van der Waals surface area (Å²) in [6.07, 6.45) is 1.59. The van der Waals surface area contributed by atoms with Gasteiger partial charge in [0.05, 0.1) is 5.69 Å². The number of carbonyl (C=O) groups is 2. The maximum atomic E-state index is 11.8. The van der Waals surface area contributed by atoms with Crippen molar-refractivity contribution in [2.75, 3.05) is 18.4 Å². The van der Waals surface area contributed by atoms with E-state index in [0.29, 0.717) is 24.3 Å². The highest BCUT2D eigenvalue weighted by Gasteiger charge is 2.24. The lowest BCUT2D eigenvalue weighted by Gasteiger charge is -2.24. The number of hydrogen-bond acceptors (Lipinski definition) is 5. The number of benzene rings is 1. The zero-order valence-corrected chi connectivity index (χ0v) is 14.5. The molecule has 1 saturated heterocycles. The van der Waals surface area contributed by atoms with Crippen LogP contribution in [0.1, 0.15) is 37.0 Å². The quantitative estimate of drug-likeness (QED) is 0.820. The molecule has 3 rings (SSSR count). The van der Waals surface area contributed by atoms with Crippen molar-refractivity contribution >= 4 is 17.5 Å². The van der Waals surface area contributed by atoms with Gasteiger partial charge in [0.25, 0.3) is 0 Å². The fourth-order valence-corrected chi connectivity index (χ4v) is 2.98. The van der Waals surface area contributed by atoms with Crippen LogP contribution in [0, 0.1) is 0 Å². The number of carbonyl (C=O) groups excluding carboxylic acids is 2. The molecule has 6 heteroatoms. The topological polar surface area (TPSA) is 75.2 Å². The summed E-state index contributed by atoms with van der Waals surface area (Å²) in [7, 11) is 0. The zero-order chi connectivity index (χ0) is 17.8. The van der Waals surface area contributed by atoms with E-state index >= 15 is 0 Å². The highest BCUT2D eigenvalue weighted by molar-refractivity contribution is 5.95. The standard InChI is InChI=1S/C19H22N4O2/c1-13(23-10-4-7-19(23)25)12-20-18-9-8-17(21-22-18)16-6-3-5-15(11-16)14(2)24/h3,5-6,8-9,11,13H,4,7,10,12H2,1-2H3,(H,20,22). The predicted octanol–water partition coefficient (Wildman–Crippen LogP) is 2.77. The van der Waals surface area contributed by atoms with E-state index in [2.05, 4.69) is 15.5 Å². The lowest BCUT2D eigenvalue weighted by Crippen LogP contribution is -2.38. The zero-order valence-electron chi connectivity index (χ0n) is 14.5. The van der Waals surface area contributed by atoms with Crippen LogP contribution in [0.5, 0.6) is 0 Å². The second-order valence-corrected chi connectivity index (χ2v) is 6.36. The average Bonchev–Trinajstić information content (AvgIpc) is 3.06. The number of ketones is 1. The molecule has 1 amide bonds. The van der Waals surface area contributed by atoms with E-state index < -0.39 is 0 Å². The fraction of sp³-hybridized carbons (Fsp3) is 0.368. The van der Waals surface area contributed by atoms with Crippen molar-refractivity contribution < 1.29 is 9.59 Å². The third-order valence-electron chi connectivity index (χ3n) is 4.45. The monoisotopic (exact) mass is 338 g/mol. The van der Waals surface area contributed by atoms with Crippen LogP contribution in [0.25, 0.3) is 11.3 Å². The van der Waals surface area contributed by atoms with E-state index in [1.54, 1.807) is 13.0 Å². The first kappa shape index (κ1) is 17.1. The van der Waals surface area contributed by atoms with Crippen LogP contribution < -0.4 is 5.32 Å². The van der Waals surface area contributed by atoms with Gasteiger partial charge in [0.1, 0.15) is 5.82 Å². The summed E-state index contributed by atoms with van der Waals surface area (Å²) in [5.41, 5.74) is 2.24. The fourth-order valence-electron chi connectivity index (χ4n) is 2.98. The summed E-state index contributed by atoms with van der Waals surface area (Å²) in [4.78, 5) is 25.1. The molecule has 0 saturated carbocycles. The molecule has 130 valence electrons. The molecule has 2 heterocycles. The Morgan fingerprint density at radius 3 is 2.76 bits per heavy atom. The first-order valence-corrected chi connectivity index (χ1v) is 8.53. The molecule has 1 unspecified atom stereocenters. The number of aromatic nitrogens is 2. The van der Waals surface area contributed by atoms with Gasteiger partial charge in [-0.3, -0.25) is 9.59 Å². The Balaban J connectivity index is 1.63. The summed E-state index contributed by atoms with van der Waals surface area (Å²) >= 11 is 0. The smallest absolute Gasteiger partial charge is 0.222 e. The van der Waals surface area contributed by atoms with Gasteiger partial charge in [-0.05, 0) is 38.5 Å². The van der Waals surface area contributed by atoms with Crippen LogP contribution in [0.4, 0.5) is 5.82 Å². The Morgan fingerprint density at radius 2 is 2.12 bits per heavy atom. The highest BCUT2D eigenvalue weighted by atomic mass is 16.2. The van der Waals surface area contributed by atoms with Crippen LogP contribution in [-0.4, -0.2) is 45.9 Å². The van der Waals surface area contributed by atoms with Gasteiger partial charge in [0, 0.05) is 36.7 Å². The van der Waals surface area contributed by atoms with Gasteiger partial charge in [-0.1, -0.05) is 18.2 Å². The maximum Gasteiger partial charge on any atom is 0.222 e. The SMILES string of the molecule is CC(=O)c1cccc(-c2ccc(NCC(C)N3CCCC3=O)nn2)c1. The van der Waals surface area contributed by atoms with Crippen LogP contribution in [0.15, 0.2) is 36.4 Å². The predicted molar refractivity (Wildman–Crippen MR) is 96.4 cm³/mol. The molecule has 0 spiro atoms. The van der Waals surface area contributed by atoms with Crippen molar-refractivity contribution in [3.8, 4) is 11.3 Å². The molecule has 1 N–H and O–H groups in total. The van der Waals surface area contributed by atoms with Gasteiger partial charge >= 0.3 is 0 Å². The summed E-state index contributed by atoms with van der Waals surface area (Å²) in [5, 5.41) is 11.7. The largest absolute Gasteiger partial charge is 0.367 e. The minimum absolute atomic E-state index is 0.0264. The Bertz CT molecular complexity index is 773. The molecule has 0 radical (unpaired) electrons. The molecule has 1 atom stereocenters. The number of likely N-dealkylation sites (tertiary alicyclic amines) is 1. The Labute approximate surface area is 147 Å². The molecule has 0 bridgehead atoms. The van der Waals surface area contributed by atoms with E-state index in [-0.39, 0.29) is 17.7 Å².